The molecule has 0 amide bonds. The summed E-state index contributed by atoms with van der Waals surface area (Å²) in [5.41, 5.74) is 14.2. The van der Waals surface area contributed by atoms with Crippen LogP contribution < -0.4 is 4.90 Å². The first kappa shape index (κ1) is 33.0. The minimum Gasteiger partial charge on any atom is -0.310 e. The van der Waals surface area contributed by atoms with Gasteiger partial charge in [-0.15, -0.1) is 11.3 Å². The molecule has 0 aliphatic heterocycles. The van der Waals surface area contributed by atoms with Crippen LogP contribution in [0, 0.1) is 6.92 Å². The Hall–Kier alpha value is -6.22. The summed E-state index contributed by atoms with van der Waals surface area (Å²) in [5, 5.41) is 2.61. The summed E-state index contributed by atoms with van der Waals surface area (Å²) in [4.78, 5) is 2.37. The number of anilines is 3. The molecule has 0 bridgehead atoms. The number of aryl methyl sites for hydroxylation is 1. The van der Waals surface area contributed by atoms with Gasteiger partial charge in [0.2, 0.25) is 0 Å². The average Bonchev–Trinajstić information content (AvgIpc) is 3.57. The lowest BCUT2D eigenvalue weighted by atomic mass is 9.99. The lowest BCUT2D eigenvalue weighted by Crippen LogP contribution is -2.11. The van der Waals surface area contributed by atoms with Gasteiger partial charge in [-0.25, -0.2) is 0 Å². The van der Waals surface area contributed by atoms with Crippen LogP contribution in [0.5, 0.6) is 0 Å². The van der Waals surface area contributed by atoms with E-state index < -0.39 is 0 Å². The van der Waals surface area contributed by atoms with Gasteiger partial charge in [0.15, 0.2) is 0 Å². The van der Waals surface area contributed by atoms with E-state index in [1.54, 1.807) is 0 Å². The average molecular weight is 686 g/mol. The van der Waals surface area contributed by atoms with Crippen molar-refractivity contribution in [3.63, 3.8) is 0 Å². The van der Waals surface area contributed by atoms with E-state index >= 15 is 0 Å². The van der Waals surface area contributed by atoms with E-state index in [1.165, 1.54) is 64.7 Å². The van der Waals surface area contributed by atoms with Gasteiger partial charge in [0.25, 0.3) is 0 Å². The molecule has 0 atom stereocenters. The minimum absolute atomic E-state index is 1.11. The molecule has 250 valence electrons. The molecular weight excluding hydrogens is 647 g/mol. The van der Waals surface area contributed by atoms with Crippen molar-refractivity contribution >= 4 is 54.1 Å². The molecule has 0 spiro atoms. The van der Waals surface area contributed by atoms with Gasteiger partial charge in [0.1, 0.15) is 0 Å². The van der Waals surface area contributed by atoms with Crippen molar-refractivity contribution in [3.8, 4) is 33.4 Å². The molecule has 0 N–H and O–H groups in total. The maximum atomic E-state index is 3.84. The lowest BCUT2D eigenvalue weighted by molar-refractivity contribution is 1.25. The molecule has 0 unspecified atom stereocenters. The fraction of sp³-hybridized carbons (Fsp3) is 0.0400. The molecule has 0 saturated heterocycles. The zero-order valence-corrected chi connectivity index (χ0v) is 30.3. The molecule has 0 saturated carbocycles. The number of nitrogens with zero attached hydrogens (tertiary/aromatic N) is 1. The standard InChI is InChI=1S/C50H39NS/c1-4-6-13-36(5-2)39-18-25-44(26-19-39)51(48-29-22-41(32-35(48)3)37-14-9-7-10-15-37)45-27-20-40(21-28-45)43-24-31-50-47(34-43)46-33-42(23-30-49(46)52-50)38-16-11-8-12-17-38/h4-34H,1H2,2-3H3/b13-6-,36-5+. The predicted octanol–water partition coefficient (Wildman–Crippen LogP) is 15.0. The number of allylic oxidation sites excluding steroid dienone is 5. The quantitative estimate of drug-likeness (QED) is 0.137. The fourth-order valence-electron chi connectivity index (χ4n) is 7.05. The number of thiophene rings is 1. The summed E-state index contributed by atoms with van der Waals surface area (Å²) in [6.45, 7) is 8.12. The van der Waals surface area contributed by atoms with Crippen molar-refractivity contribution < 1.29 is 0 Å². The number of benzene rings is 7. The van der Waals surface area contributed by atoms with Crippen molar-refractivity contribution in [1.29, 1.82) is 0 Å². The third-order valence-corrected chi connectivity index (χ3v) is 10.9. The molecule has 1 aromatic heterocycles. The van der Waals surface area contributed by atoms with E-state index in [4.69, 9.17) is 0 Å². The minimum atomic E-state index is 1.11. The Bertz CT molecular complexity index is 2570. The molecule has 8 aromatic rings. The molecule has 1 heterocycles. The first-order valence-electron chi connectivity index (χ1n) is 17.7. The van der Waals surface area contributed by atoms with Crippen LogP contribution >= 0.6 is 11.3 Å². The van der Waals surface area contributed by atoms with Crippen LogP contribution in [-0.4, -0.2) is 0 Å². The van der Waals surface area contributed by atoms with E-state index in [0.29, 0.717) is 0 Å². The maximum absolute atomic E-state index is 3.84. The normalized spacial score (nSPS) is 11.8. The van der Waals surface area contributed by atoms with Gasteiger partial charge < -0.3 is 4.90 Å². The molecule has 0 radical (unpaired) electrons. The Kier molecular flexibility index (Phi) is 9.23. The summed E-state index contributed by atoms with van der Waals surface area (Å²) in [6, 6.07) is 59.6. The molecular formula is C50H39NS. The Morgan fingerprint density at radius 1 is 0.538 bits per heavy atom. The Balaban J connectivity index is 1.18. The second kappa shape index (κ2) is 14.6. The van der Waals surface area contributed by atoms with Crippen LogP contribution in [0.1, 0.15) is 18.1 Å². The summed E-state index contributed by atoms with van der Waals surface area (Å²) in [6.07, 6.45) is 8.03. The molecule has 2 heteroatoms. The number of rotatable bonds is 9. The zero-order chi connectivity index (χ0) is 35.4. The smallest absolute Gasteiger partial charge is 0.0491 e. The van der Waals surface area contributed by atoms with Crippen molar-refractivity contribution in [3.05, 3.63) is 206 Å². The SMILES string of the molecule is C=C/C=C\C(=C/C)c1ccc(N(c2ccc(-c3ccc4sc5ccc(-c6ccccc6)cc5c4c3)cc2)c2ccc(-c3ccccc3)cc2C)cc1. The van der Waals surface area contributed by atoms with Crippen molar-refractivity contribution in [2.45, 2.75) is 13.8 Å². The van der Waals surface area contributed by atoms with Crippen molar-refractivity contribution in [2.24, 2.45) is 0 Å². The van der Waals surface area contributed by atoms with Crippen LogP contribution in [0.25, 0.3) is 59.1 Å². The van der Waals surface area contributed by atoms with E-state index in [0.717, 1.165) is 22.6 Å². The second-order valence-corrected chi connectivity index (χ2v) is 14.1. The Labute approximate surface area is 310 Å². The van der Waals surface area contributed by atoms with E-state index in [-0.39, 0.29) is 0 Å². The summed E-state index contributed by atoms with van der Waals surface area (Å²) < 4.78 is 2.63. The highest BCUT2D eigenvalue weighted by molar-refractivity contribution is 7.25. The molecule has 0 aliphatic rings. The van der Waals surface area contributed by atoms with Gasteiger partial charge >= 0.3 is 0 Å². The molecule has 0 fully saturated rings. The highest BCUT2D eigenvalue weighted by Crippen LogP contribution is 2.41. The summed E-state index contributed by atoms with van der Waals surface area (Å²) in [7, 11) is 0. The third-order valence-electron chi connectivity index (χ3n) is 9.76. The van der Waals surface area contributed by atoms with Gasteiger partial charge in [-0.1, -0.05) is 134 Å². The number of fused-ring (bicyclic) bond motifs is 3. The monoisotopic (exact) mass is 685 g/mol. The molecule has 0 aliphatic carbocycles. The zero-order valence-electron chi connectivity index (χ0n) is 29.5. The van der Waals surface area contributed by atoms with Gasteiger partial charge in [0, 0.05) is 37.2 Å². The largest absolute Gasteiger partial charge is 0.310 e. The molecule has 8 rings (SSSR count). The van der Waals surface area contributed by atoms with Crippen molar-refractivity contribution in [2.75, 3.05) is 4.90 Å². The van der Waals surface area contributed by atoms with Crippen LogP contribution in [0.4, 0.5) is 17.1 Å². The fourth-order valence-corrected chi connectivity index (χ4v) is 8.11. The molecule has 7 aromatic carbocycles. The Morgan fingerprint density at radius 3 is 1.54 bits per heavy atom. The topological polar surface area (TPSA) is 3.24 Å². The van der Waals surface area contributed by atoms with E-state index in [9.17, 15) is 0 Å². The predicted molar refractivity (Wildman–Crippen MR) is 228 cm³/mol. The number of hydrogen-bond donors (Lipinski definition) is 0. The number of hydrogen-bond acceptors (Lipinski definition) is 2. The first-order chi connectivity index (χ1) is 25.6. The highest BCUT2D eigenvalue weighted by Gasteiger charge is 2.17. The van der Waals surface area contributed by atoms with E-state index in [1.807, 2.05) is 23.5 Å². The third kappa shape index (κ3) is 6.53. The maximum Gasteiger partial charge on any atom is 0.0491 e. The first-order valence-corrected chi connectivity index (χ1v) is 18.6. The summed E-state index contributed by atoms with van der Waals surface area (Å²) in [5.74, 6) is 0. The van der Waals surface area contributed by atoms with Gasteiger partial charge in [-0.05, 0) is 125 Å². The molecule has 1 nitrogen and oxygen atoms in total. The van der Waals surface area contributed by atoms with Crippen LogP contribution in [-0.2, 0) is 0 Å². The van der Waals surface area contributed by atoms with Crippen LogP contribution in [0.3, 0.4) is 0 Å². The molecule has 52 heavy (non-hydrogen) atoms. The van der Waals surface area contributed by atoms with Gasteiger partial charge in [0.05, 0.1) is 0 Å². The Morgan fingerprint density at radius 2 is 1.02 bits per heavy atom. The summed E-state index contributed by atoms with van der Waals surface area (Å²) >= 11 is 1.86. The van der Waals surface area contributed by atoms with E-state index in [2.05, 4.69) is 201 Å². The second-order valence-electron chi connectivity index (χ2n) is 13.0. The van der Waals surface area contributed by atoms with Crippen molar-refractivity contribution in [1.82, 2.24) is 0 Å². The van der Waals surface area contributed by atoms with Crippen LogP contribution in [0.15, 0.2) is 195 Å². The van der Waals surface area contributed by atoms with Crippen LogP contribution in [0.2, 0.25) is 0 Å². The lowest BCUT2D eigenvalue weighted by Gasteiger charge is -2.28. The van der Waals surface area contributed by atoms with Gasteiger partial charge in [-0.2, -0.15) is 0 Å². The van der Waals surface area contributed by atoms with Gasteiger partial charge in [-0.3, -0.25) is 0 Å². The highest BCUT2D eigenvalue weighted by atomic mass is 32.1.